The maximum atomic E-state index is 11.5. The normalized spacial score (nSPS) is 25.0. The van der Waals surface area contributed by atoms with Crippen LogP contribution in [-0.4, -0.2) is 34.7 Å². The molecular formula is C13H25NO4. The quantitative estimate of drug-likeness (QED) is 0.673. The molecule has 5 heteroatoms. The van der Waals surface area contributed by atoms with Gasteiger partial charge in [-0.1, -0.05) is 0 Å². The molecule has 106 valence electrons. The average molecular weight is 259 g/mol. The van der Waals surface area contributed by atoms with E-state index in [9.17, 15) is 4.79 Å². The van der Waals surface area contributed by atoms with E-state index in [1.807, 2.05) is 20.8 Å². The topological polar surface area (TPSA) is 78.8 Å². The highest BCUT2D eigenvalue weighted by Crippen LogP contribution is 2.29. The molecular weight excluding hydrogens is 234 g/mol. The standard InChI is InChI=1S/C13H25NO4/c1-13(2,3)18-12(17)14-8-9-4-6-10(7-5-9)11(15)16/h9-11,15-16H,4-8H2,1-3H3,(H,14,17). The minimum atomic E-state index is -1.20. The largest absolute Gasteiger partial charge is 0.444 e. The van der Waals surface area contributed by atoms with Crippen LogP contribution in [0.2, 0.25) is 0 Å². The van der Waals surface area contributed by atoms with Gasteiger partial charge in [0.25, 0.3) is 0 Å². The fourth-order valence-corrected chi connectivity index (χ4v) is 2.23. The molecule has 1 saturated carbocycles. The molecule has 0 atom stereocenters. The van der Waals surface area contributed by atoms with Crippen molar-refractivity contribution in [2.24, 2.45) is 11.8 Å². The summed E-state index contributed by atoms with van der Waals surface area (Å²) in [6, 6.07) is 0. The van der Waals surface area contributed by atoms with Crippen LogP contribution in [0.25, 0.3) is 0 Å². The number of hydrogen-bond acceptors (Lipinski definition) is 4. The minimum Gasteiger partial charge on any atom is -0.444 e. The van der Waals surface area contributed by atoms with E-state index >= 15 is 0 Å². The van der Waals surface area contributed by atoms with Crippen LogP contribution in [0.4, 0.5) is 4.79 Å². The van der Waals surface area contributed by atoms with Gasteiger partial charge in [0.05, 0.1) is 0 Å². The summed E-state index contributed by atoms with van der Waals surface area (Å²) < 4.78 is 5.16. The second-order valence-electron chi connectivity index (χ2n) is 6.08. The van der Waals surface area contributed by atoms with Gasteiger partial charge >= 0.3 is 6.09 Å². The first-order valence-electron chi connectivity index (χ1n) is 6.61. The van der Waals surface area contributed by atoms with Crippen LogP contribution in [0.3, 0.4) is 0 Å². The molecule has 0 aromatic rings. The van der Waals surface area contributed by atoms with Crippen LogP contribution in [0, 0.1) is 11.8 Å². The number of aliphatic hydroxyl groups excluding tert-OH is 1. The highest BCUT2D eigenvalue weighted by Gasteiger charge is 2.26. The number of ether oxygens (including phenoxy) is 1. The number of alkyl carbamates (subject to hydrolysis) is 1. The lowest BCUT2D eigenvalue weighted by molar-refractivity contribution is -0.0957. The summed E-state index contributed by atoms with van der Waals surface area (Å²) in [6.07, 6.45) is 1.85. The molecule has 0 aliphatic heterocycles. The van der Waals surface area contributed by atoms with Gasteiger partial charge in [-0.25, -0.2) is 4.79 Å². The lowest BCUT2D eigenvalue weighted by Crippen LogP contribution is -2.36. The Balaban J connectivity index is 2.20. The summed E-state index contributed by atoms with van der Waals surface area (Å²) >= 11 is 0. The van der Waals surface area contributed by atoms with Crippen LogP contribution in [0.5, 0.6) is 0 Å². The van der Waals surface area contributed by atoms with E-state index in [0.717, 1.165) is 25.7 Å². The lowest BCUT2D eigenvalue weighted by Gasteiger charge is -2.29. The monoisotopic (exact) mass is 259 g/mol. The molecule has 3 N–H and O–H groups in total. The number of nitrogens with one attached hydrogen (secondary N) is 1. The van der Waals surface area contributed by atoms with E-state index in [4.69, 9.17) is 14.9 Å². The third kappa shape index (κ3) is 5.69. The molecule has 5 nitrogen and oxygen atoms in total. The van der Waals surface area contributed by atoms with Crippen molar-refractivity contribution in [3.63, 3.8) is 0 Å². The molecule has 0 radical (unpaired) electrons. The molecule has 1 rings (SSSR count). The van der Waals surface area contributed by atoms with Gasteiger partial charge in [0, 0.05) is 12.5 Å². The van der Waals surface area contributed by atoms with Crippen molar-refractivity contribution < 1.29 is 19.7 Å². The van der Waals surface area contributed by atoms with Crippen molar-refractivity contribution in [2.75, 3.05) is 6.54 Å². The van der Waals surface area contributed by atoms with Gasteiger partial charge in [-0.05, 0) is 52.4 Å². The number of carbonyl (C=O) groups is 1. The zero-order valence-corrected chi connectivity index (χ0v) is 11.5. The summed E-state index contributed by atoms with van der Waals surface area (Å²) in [5.74, 6) is 0.398. The zero-order chi connectivity index (χ0) is 13.8. The highest BCUT2D eigenvalue weighted by molar-refractivity contribution is 5.67. The van der Waals surface area contributed by atoms with Crippen molar-refractivity contribution in [1.82, 2.24) is 5.32 Å². The Morgan fingerprint density at radius 1 is 1.28 bits per heavy atom. The van der Waals surface area contributed by atoms with E-state index < -0.39 is 11.9 Å². The molecule has 1 amide bonds. The maximum absolute atomic E-state index is 11.5. The van der Waals surface area contributed by atoms with Crippen LogP contribution in [-0.2, 0) is 4.74 Å². The summed E-state index contributed by atoms with van der Waals surface area (Å²) in [5.41, 5.74) is -0.470. The smallest absolute Gasteiger partial charge is 0.407 e. The van der Waals surface area contributed by atoms with E-state index in [0.29, 0.717) is 12.5 Å². The van der Waals surface area contributed by atoms with Crippen LogP contribution in [0.1, 0.15) is 46.5 Å². The van der Waals surface area contributed by atoms with E-state index in [2.05, 4.69) is 5.32 Å². The first kappa shape index (κ1) is 15.2. The fourth-order valence-electron chi connectivity index (χ4n) is 2.23. The molecule has 1 aliphatic rings. The van der Waals surface area contributed by atoms with Gasteiger partial charge < -0.3 is 20.3 Å². The third-order valence-corrected chi connectivity index (χ3v) is 3.25. The summed E-state index contributed by atoms with van der Waals surface area (Å²) in [4.78, 5) is 11.5. The van der Waals surface area contributed by atoms with Crippen molar-refractivity contribution in [3.8, 4) is 0 Å². The van der Waals surface area contributed by atoms with E-state index in [-0.39, 0.29) is 12.0 Å². The van der Waals surface area contributed by atoms with Crippen molar-refractivity contribution in [2.45, 2.75) is 58.3 Å². The van der Waals surface area contributed by atoms with Crippen molar-refractivity contribution in [1.29, 1.82) is 0 Å². The Bertz CT molecular complexity index is 265. The number of hydrogen-bond donors (Lipinski definition) is 3. The zero-order valence-electron chi connectivity index (χ0n) is 11.5. The van der Waals surface area contributed by atoms with E-state index in [1.165, 1.54) is 0 Å². The van der Waals surface area contributed by atoms with Crippen LogP contribution >= 0.6 is 0 Å². The number of carbonyl (C=O) groups excluding carboxylic acids is 1. The first-order chi connectivity index (χ1) is 8.28. The molecule has 0 aromatic heterocycles. The average Bonchev–Trinajstić information content (AvgIpc) is 2.24. The molecule has 1 aliphatic carbocycles. The molecule has 0 bridgehead atoms. The van der Waals surface area contributed by atoms with E-state index in [1.54, 1.807) is 0 Å². The fraction of sp³-hybridized carbons (Fsp3) is 0.923. The highest BCUT2D eigenvalue weighted by atomic mass is 16.6. The summed E-state index contributed by atoms with van der Waals surface area (Å²) in [7, 11) is 0. The Hall–Kier alpha value is -0.810. The van der Waals surface area contributed by atoms with Crippen LogP contribution < -0.4 is 5.32 Å². The second-order valence-corrected chi connectivity index (χ2v) is 6.08. The lowest BCUT2D eigenvalue weighted by atomic mass is 9.82. The molecule has 0 spiro atoms. The van der Waals surface area contributed by atoms with Crippen LogP contribution in [0.15, 0.2) is 0 Å². The Kier molecular flexibility index (Phi) is 5.41. The Labute approximate surface area is 109 Å². The van der Waals surface area contributed by atoms with Gasteiger partial charge in [0.15, 0.2) is 6.29 Å². The molecule has 0 saturated heterocycles. The molecule has 1 fully saturated rings. The summed E-state index contributed by atoms with van der Waals surface area (Å²) in [6.45, 7) is 6.10. The molecule has 0 heterocycles. The van der Waals surface area contributed by atoms with Crippen molar-refractivity contribution in [3.05, 3.63) is 0 Å². The maximum Gasteiger partial charge on any atom is 0.407 e. The van der Waals surface area contributed by atoms with Crippen molar-refractivity contribution >= 4 is 6.09 Å². The first-order valence-corrected chi connectivity index (χ1v) is 6.61. The predicted octanol–water partition coefficient (Wildman–Crippen LogP) is 1.63. The molecule has 18 heavy (non-hydrogen) atoms. The second kappa shape index (κ2) is 6.38. The molecule has 0 aromatic carbocycles. The number of aliphatic hydroxyl groups is 2. The molecule has 0 unspecified atom stereocenters. The summed E-state index contributed by atoms with van der Waals surface area (Å²) in [5, 5.41) is 20.9. The van der Waals surface area contributed by atoms with Gasteiger partial charge in [-0.15, -0.1) is 0 Å². The van der Waals surface area contributed by atoms with Gasteiger partial charge in [-0.3, -0.25) is 0 Å². The third-order valence-electron chi connectivity index (χ3n) is 3.25. The van der Waals surface area contributed by atoms with Gasteiger partial charge in [0.2, 0.25) is 0 Å². The van der Waals surface area contributed by atoms with Gasteiger partial charge in [-0.2, -0.15) is 0 Å². The SMILES string of the molecule is CC(C)(C)OC(=O)NCC1CCC(C(O)O)CC1. The number of amides is 1. The predicted molar refractivity (Wildman–Crippen MR) is 67.9 cm³/mol. The minimum absolute atomic E-state index is 0.0113. The number of rotatable bonds is 3. The Morgan fingerprint density at radius 2 is 1.83 bits per heavy atom. The Morgan fingerprint density at radius 3 is 2.28 bits per heavy atom. The van der Waals surface area contributed by atoms with Gasteiger partial charge in [0.1, 0.15) is 5.60 Å².